The lowest BCUT2D eigenvalue weighted by Crippen LogP contribution is -2.30. The minimum Gasteiger partial charge on any atom is -0.512 e. The Morgan fingerprint density at radius 2 is 2.04 bits per heavy atom. The van der Waals surface area contributed by atoms with Crippen molar-refractivity contribution in [2.45, 2.75) is 45.5 Å². The molecule has 1 heterocycles. The van der Waals surface area contributed by atoms with Crippen LogP contribution in [-0.2, 0) is 4.79 Å². The Morgan fingerprint density at radius 1 is 1.41 bits per heavy atom. The van der Waals surface area contributed by atoms with Gasteiger partial charge in [0.25, 0.3) is 0 Å². The topological polar surface area (TPSA) is 87.7 Å². The SMILES string of the molecule is C=C1/C=C(/C(C(C)=CN)=C(\C)O)\C=N/N/C=C\1C(=O)C1CCC(F)(F)CC1. The van der Waals surface area contributed by atoms with Gasteiger partial charge >= 0.3 is 0 Å². The Bertz CT molecular complexity index is 775. The molecule has 0 spiro atoms. The van der Waals surface area contributed by atoms with Crippen LogP contribution in [-0.4, -0.2) is 23.0 Å². The summed E-state index contributed by atoms with van der Waals surface area (Å²) in [5, 5.41) is 14.0. The molecule has 1 aliphatic carbocycles. The quantitative estimate of drug-likeness (QED) is 0.510. The molecule has 0 aromatic rings. The van der Waals surface area contributed by atoms with E-state index in [9.17, 15) is 18.7 Å². The fourth-order valence-corrected chi connectivity index (χ4v) is 3.30. The van der Waals surface area contributed by atoms with E-state index in [1.54, 1.807) is 13.0 Å². The number of hydrazone groups is 1. The summed E-state index contributed by atoms with van der Waals surface area (Å²) in [6.07, 6.45) is 5.64. The number of carbonyl (C=O) groups excluding carboxylic acids is 1. The summed E-state index contributed by atoms with van der Waals surface area (Å²) in [5.74, 6) is -3.34. The van der Waals surface area contributed by atoms with Crippen molar-refractivity contribution in [3.05, 3.63) is 58.7 Å². The van der Waals surface area contributed by atoms with E-state index in [4.69, 9.17) is 5.73 Å². The molecule has 0 atom stereocenters. The van der Waals surface area contributed by atoms with Gasteiger partial charge in [-0.05, 0) is 50.1 Å². The normalized spacial score (nSPS) is 27.1. The van der Waals surface area contributed by atoms with Crippen LogP contribution in [0, 0.1) is 5.92 Å². The first-order valence-corrected chi connectivity index (χ1v) is 8.77. The van der Waals surface area contributed by atoms with E-state index in [0.717, 1.165) is 0 Å². The van der Waals surface area contributed by atoms with Crippen molar-refractivity contribution >= 4 is 12.0 Å². The van der Waals surface area contributed by atoms with E-state index in [1.807, 2.05) is 0 Å². The maximum Gasteiger partial charge on any atom is 0.248 e. The number of nitrogens with zero attached hydrogens (tertiary/aromatic N) is 1. The minimum absolute atomic E-state index is 0.0478. The van der Waals surface area contributed by atoms with E-state index in [-0.39, 0.29) is 37.2 Å². The third kappa shape index (κ3) is 4.93. The second kappa shape index (κ2) is 8.33. The largest absolute Gasteiger partial charge is 0.512 e. The van der Waals surface area contributed by atoms with Gasteiger partial charge in [0.05, 0.1) is 12.0 Å². The van der Waals surface area contributed by atoms with Gasteiger partial charge in [-0.25, -0.2) is 8.78 Å². The predicted molar refractivity (Wildman–Crippen MR) is 102 cm³/mol. The molecule has 5 nitrogen and oxygen atoms in total. The molecular weight excluding hydrogens is 352 g/mol. The smallest absolute Gasteiger partial charge is 0.248 e. The van der Waals surface area contributed by atoms with Gasteiger partial charge in [-0.3, -0.25) is 10.2 Å². The van der Waals surface area contributed by atoms with Crippen molar-refractivity contribution in [3.63, 3.8) is 0 Å². The third-order valence-electron chi connectivity index (χ3n) is 4.81. The Kier molecular flexibility index (Phi) is 6.36. The molecule has 2 rings (SSSR count). The molecule has 0 bridgehead atoms. The van der Waals surface area contributed by atoms with Crippen LogP contribution in [0.25, 0.3) is 0 Å². The second-order valence-electron chi connectivity index (χ2n) is 6.87. The summed E-state index contributed by atoms with van der Waals surface area (Å²) in [7, 11) is 0. The molecule has 4 N–H and O–H groups in total. The molecule has 0 amide bonds. The van der Waals surface area contributed by atoms with Crippen LogP contribution in [0.5, 0.6) is 0 Å². The first-order chi connectivity index (χ1) is 12.7. The maximum absolute atomic E-state index is 13.4. The number of alkyl halides is 2. The van der Waals surface area contributed by atoms with Crippen LogP contribution in [0.4, 0.5) is 8.78 Å². The highest BCUT2D eigenvalue weighted by molar-refractivity contribution is 6.02. The summed E-state index contributed by atoms with van der Waals surface area (Å²) in [4.78, 5) is 12.9. The number of aliphatic hydroxyl groups is 1. The molecule has 27 heavy (non-hydrogen) atoms. The summed E-state index contributed by atoms with van der Waals surface area (Å²) >= 11 is 0. The number of ketones is 1. The number of halogens is 2. The second-order valence-corrected chi connectivity index (χ2v) is 6.87. The lowest BCUT2D eigenvalue weighted by atomic mass is 9.80. The van der Waals surface area contributed by atoms with Gasteiger partial charge < -0.3 is 10.8 Å². The Morgan fingerprint density at radius 3 is 2.59 bits per heavy atom. The highest BCUT2D eigenvalue weighted by Crippen LogP contribution is 2.38. The van der Waals surface area contributed by atoms with Crippen molar-refractivity contribution in [2.75, 3.05) is 0 Å². The van der Waals surface area contributed by atoms with Gasteiger partial charge in [0.15, 0.2) is 5.78 Å². The Labute approximate surface area is 157 Å². The van der Waals surface area contributed by atoms with Crippen LogP contribution in [0.3, 0.4) is 0 Å². The zero-order valence-corrected chi connectivity index (χ0v) is 15.6. The Hall–Kier alpha value is -2.70. The van der Waals surface area contributed by atoms with Crippen molar-refractivity contribution < 1.29 is 18.7 Å². The maximum atomic E-state index is 13.4. The zero-order chi connectivity index (χ0) is 20.2. The fourth-order valence-electron chi connectivity index (χ4n) is 3.30. The molecule has 1 saturated carbocycles. The van der Waals surface area contributed by atoms with Gasteiger partial charge in [-0.2, -0.15) is 5.10 Å². The number of rotatable bonds is 4. The Balaban J connectivity index is 2.31. The van der Waals surface area contributed by atoms with E-state index >= 15 is 0 Å². The number of hydrogen-bond donors (Lipinski definition) is 3. The van der Waals surface area contributed by atoms with Gasteiger partial charge in [-0.15, -0.1) is 0 Å². The van der Waals surface area contributed by atoms with Crippen molar-refractivity contribution in [1.29, 1.82) is 0 Å². The zero-order valence-electron chi connectivity index (χ0n) is 15.6. The number of allylic oxidation sites excluding steroid dienone is 7. The summed E-state index contributed by atoms with van der Waals surface area (Å²) in [6.45, 7) is 7.21. The molecule has 1 fully saturated rings. The number of nitrogens with two attached hydrogens (primary N) is 1. The van der Waals surface area contributed by atoms with Crippen LogP contribution in [0.15, 0.2) is 63.8 Å². The summed E-state index contributed by atoms with van der Waals surface area (Å²) < 4.78 is 26.8. The molecular formula is C20H25F2N3O2. The predicted octanol–water partition coefficient (Wildman–Crippen LogP) is 4.03. The van der Waals surface area contributed by atoms with Gasteiger partial charge in [0, 0.05) is 41.7 Å². The van der Waals surface area contributed by atoms with Crippen molar-refractivity contribution in [1.82, 2.24) is 5.43 Å². The van der Waals surface area contributed by atoms with Crippen LogP contribution in [0.1, 0.15) is 39.5 Å². The lowest BCUT2D eigenvalue weighted by molar-refractivity contribution is -0.123. The summed E-state index contributed by atoms with van der Waals surface area (Å²) in [6, 6.07) is 0. The third-order valence-corrected chi connectivity index (χ3v) is 4.81. The molecule has 0 aromatic heterocycles. The van der Waals surface area contributed by atoms with Gasteiger partial charge in [0.2, 0.25) is 5.92 Å². The highest BCUT2D eigenvalue weighted by atomic mass is 19.3. The fraction of sp³-hybridized carbons (Fsp3) is 0.400. The van der Waals surface area contributed by atoms with Crippen LogP contribution >= 0.6 is 0 Å². The van der Waals surface area contributed by atoms with Gasteiger partial charge in [-0.1, -0.05) is 6.58 Å². The molecule has 2 aliphatic rings. The van der Waals surface area contributed by atoms with E-state index < -0.39 is 11.8 Å². The number of aliphatic hydroxyl groups excluding tert-OH is 1. The van der Waals surface area contributed by atoms with E-state index in [2.05, 4.69) is 17.1 Å². The van der Waals surface area contributed by atoms with Crippen molar-refractivity contribution in [3.8, 4) is 0 Å². The minimum atomic E-state index is -2.69. The highest BCUT2D eigenvalue weighted by Gasteiger charge is 2.38. The molecule has 0 saturated heterocycles. The molecule has 0 aromatic carbocycles. The van der Waals surface area contributed by atoms with Gasteiger partial charge in [0.1, 0.15) is 0 Å². The summed E-state index contributed by atoms with van der Waals surface area (Å²) in [5.41, 5.74) is 10.6. The van der Waals surface area contributed by atoms with Crippen molar-refractivity contribution in [2.24, 2.45) is 16.8 Å². The average Bonchev–Trinajstić information content (AvgIpc) is 2.58. The first-order valence-electron chi connectivity index (χ1n) is 8.77. The number of carbonyl (C=O) groups is 1. The first kappa shape index (κ1) is 20.6. The number of Topliss-reactive ketones (excluding diaryl/α,β-unsaturated/α-hetero) is 1. The monoisotopic (exact) mass is 377 g/mol. The lowest BCUT2D eigenvalue weighted by Gasteiger charge is -2.28. The average molecular weight is 377 g/mol. The van der Waals surface area contributed by atoms with E-state index in [0.29, 0.717) is 27.9 Å². The van der Waals surface area contributed by atoms with E-state index in [1.165, 1.54) is 25.5 Å². The molecule has 146 valence electrons. The molecule has 0 radical (unpaired) electrons. The van der Waals surface area contributed by atoms with Crippen LogP contribution < -0.4 is 11.2 Å². The standard InChI is InChI=1S/C20H25F2N3O2/c1-12-8-16(18(14(3)26)13(2)9-23)10-24-25-11-17(12)19(27)15-4-6-20(21,22)7-5-15/h8-11,15,25-26H,1,4-7,23H2,2-3H3/b13-9?,16-8+,17-11+,18-14+,24-10-. The van der Waals surface area contributed by atoms with Crippen LogP contribution in [0.2, 0.25) is 0 Å². The number of nitrogens with one attached hydrogen (secondary N) is 1. The molecule has 0 unspecified atom stereocenters. The molecule has 1 aliphatic heterocycles. The number of hydrogen-bond acceptors (Lipinski definition) is 5. The molecule has 7 heteroatoms.